The number of carbonyl (C=O) groups excluding carboxylic acids is 1. The molecule has 2 heterocycles. The fraction of sp³-hybridized carbons (Fsp3) is 0.688. The van der Waals surface area contributed by atoms with E-state index in [-0.39, 0.29) is 5.92 Å². The van der Waals surface area contributed by atoms with Crippen LogP contribution in [0.25, 0.3) is 0 Å². The topological polar surface area (TPSA) is 51.0 Å². The Labute approximate surface area is 126 Å². The van der Waals surface area contributed by atoms with Crippen molar-refractivity contribution < 1.29 is 4.79 Å². The van der Waals surface area contributed by atoms with E-state index in [2.05, 4.69) is 38.7 Å². The van der Waals surface area contributed by atoms with Crippen LogP contribution in [0.3, 0.4) is 0 Å². The molecule has 0 saturated carbocycles. The first-order chi connectivity index (χ1) is 10.3. The molecule has 114 valence electrons. The molecule has 1 unspecified atom stereocenters. The van der Waals surface area contributed by atoms with Crippen molar-refractivity contribution in [3.05, 3.63) is 24.3 Å². The van der Waals surface area contributed by atoms with Gasteiger partial charge in [0.1, 0.15) is 12.2 Å². The molecular formula is C16H24N4O. The molecule has 1 atom stereocenters. The number of aryl methyl sites for hydroxylation is 1. The summed E-state index contributed by atoms with van der Waals surface area (Å²) in [4.78, 5) is 14.6. The van der Waals surface area contributed by atoms with Crippen molar-refractivity contribution in [2.75, 3.05) is 13.1 Å². The second-order valence-electron chi connectivity index (χ2n) is 6.06. The maximum absolute atomic E-state index is 12.5. The lowest BCUT2D eigenvalue weighted by Gasteiger charge is -2.34. The Morgan fingerprint density at radius 2 is 2.10 bits per heavy atom. The average Bonchev–Trinajstić information content (AvgIpc) is 3.04. The van der Waals surface area contributed by atoms with E-state index in [0.717, 1.165) is 57.6 Å². The average molecular weight is 288 g/mol. The van der Waals surface area contributed by atoms with Crippen molar-refractivity contribution in [3.8, 4) is 0 Å². The first kappa shape index (κ1) is 14.3. The molecule has 1 aliphatic heterocycles. The monoisotopic (exact) mass is 288 g/mol. The predicted octanol–water partition coefficient (Wildman–Crippen LogP) is 2.36. The minimum Gasteiger partial charge on any atom is -0.342 e. The molecule has 1 saturated heterocycles. The number of aromatic nitrogens is 3. The van der Waals surface area contributed by atoms with Gasteiger partial charge in [0, 0.05) is 31.5 Å². The van der Waals surface area contributed by atoms with Crippen molar-refractivity contribution >= 4 is 5.91 Å². The Kier molecular flexibility index (Phi) is 4.36. The van der Waals surface area contributed by atoms with Crippen LogP contribution in [0.4, 0.5) is 0 Å². The zero-order chi connectivity index (χ0) is 14.7. The van der Waals surface area contributed by atoms with Crippen LogP contribution in [0.5, 0.6) is 0 Å². The van der Waals surface area contributed by atoms with E-state index < -0.39 is 0 Å². The molecule has 2 aliphatic rings. The smallest absolute Gasteiger partial charge is 0.226 e. The molecule has 5 heteroatoms. The molecule has 5 nitrogen and oxygen atoms in total. The molecule has 21 heavy (non-hydrogen) atoms. The van der Waals surface area contributed by atoms with Gasteiger partial charge in [0.15, 0.2) is 0 Å². The van der Waals surface area contributed by atoms with Gasteiger partial charge in [-0.2, -0.15) is 0 Å². The van der Waals surface area contributed by atoms with E-state index in [0.29, 0.717) is 11.8 Å². The Hall–Kier alpha value is -1.65. The summed E-state index contributed by atoms with van der Waals surface area (Å²) in [7, 11) is 0. The first-order valence-corrected chi connectivity index (χ1v) is 8.11. The third kappa shape index (κ3) is 3.01. The highest BCUT2D eigenvalue weighted by atomic mass is 16.2. The van der Waals surface area contributed by atoms with E-state index in [1.165, 1.54) is 0 Å². The van der Waals surface area contributed by atoms with E-state index in [9.17, 15) is 4.79 Å². The van der Waals surface area contributed by atoms with Crippen LogP contribution in [0.2, 0.25) is 0 Å². The van der Waals surface area contributed by atoms with Gasteiger partial charge in [0.2, 0.25) is 5.91 Å². The number of likely N-dealkylation sites (tertiary alicyclic amines) is 1. The summed E-state index contributed by atoms with van der Waals surface area (Å²) in [5.41, 5.74) is 0. The Balaban J connectivity index is 1.57. The lowest BCUT2D eigenvalue weighted by molar-refractivity contribution is -0.136. The molecule has 0 radical (unpaired) electrons. The van der Waals surface area contributed by atoms with Gasteiger partial charge < -0.3 is 9.47 Å². The molecule has 1 aliphatic carbocycles. The van der Waals surface area contributed by atoms with Gasteiger partial charge in [-0.15, -0.1) is 10.2 Å². The van der Waals surface area contributed by atoms with E-state index in [1.807, 2.05) is 0 Å². The van der Waals surface area contributed by atoms with Crippen LogP contribution in [-0.2, 0) is 11.3 Å². The van der Waals surface area contributed by atoms with Gasteiger partial charge in [-0.05, 0) is 39.0 Å². The number of rotatable bonds is 3. The molecule has 0 aromatic carbocycles. The van der Waals surface area contributed by atoms with Crippen molar-refractivity contribution in [3.63, 3.8) is 0 Å². The number of hydrogen-bond donors (Lipinski definition) is 0. The van der Waals surface area contributed by atoms with Crippen LogP contribution < -0.4 is 0 Å². The van der Waals surface area contributed by atoms with Gasteiger partial charge in [-0.3, -0.25) is 4.79 Å². The van der Waals surface area contributed by atoms with Crippen molar-refractivity contribution in [1.29, 1.82) is 0 Å². The van der Waals surface area contributed by atoms with Gasteiger partial charge in [-0.25, -0.2) is 0 Å². The molecule has 0 bridgehead atoms. The zero-order valence-electron chi connectivity index (χ0n) is 12.7. The zero-order valence-corrected chi connectivity index (χ0v) is 12.7. The van der Waals surface area contributed by atoms with Crippen molar-refractivity contribution in [1.82, 2.24) is 19.7 Å². The summed E-state index contributed by atoms with van der Waals surface area (Å²) >= 11 is 0. The molecule has 0 spiro atoms. The highest BCUT2D eigenvalue weighted by Crippen LogP contribution is 2.29. The Bertz CT molecular complexity index is 514. The van der Waals surface area contributed by atoms with Gasteiger partial charge in [-0.1, -0.05) is 12.2 Å². The molecule has 1 fully saturated rings. The largest absolute Gasteiger partial charge is 0.342 e. The Morgan fingerprint density at radius 3 is 2.76 bits per heavy atom. The Morgan fingerprint density at radius 1 is 1.29 bits per heavy atom. The highest BCUT2D eigenvalue weighted by Gasteiger charge is 2.30. The minimum absolute atomic E-state index is 0.214. The maximum atomic E-state index is 12.5. The first-order valence-electron chi connectivity index (χ1n) is 8.11. The number of hydrogen-bond acceptors (Lipinski definition) is 3. The molecule has 1 amide bonds. The highest BCUT2D eigenvalue weighted by molar-refractivity contribution is 5.79. The summed E-state index contributed by atoms with van der Waals surface area (Å²) in [5, 5.41) is 8.29. The van der Waals surface area contributed by atoms with Crippen LogP contribution in [0, 0.1) is 5.92 Å². The maximum Gasteiger partial charge on any atom is 0.226 e. The lowest BCUT2D eigenvalue weighted by atomic mass is 9.90. The number of nitrogens with zero attached hydrogens (tertiary/aromatic N) is 4. The number of amides is 1. The second-order valence-corrected chi connectivity index (χ2v) is 6.06. The number of carbonyl (C=O) groups is 1. The van der Waals surface area contributed by atoms with E-state index >= 15 is 0 Å². The SMILES string of the molecule is CCn1cnnc1C1CCN(C(=O)C2CC=CCC2)CC1. The summed E-state index contributed by atoms with van der Waals surface area (Å²) in [6.45, 7) is 4.75. The predicted molar refractivity (Wildman–Crippen MR) is 80.7 cm³/mol. The minimum atomic E-state index is 0.214. The van der Waals surface area contributed by atoms with Gasteiger partial charge in [0.05, 0.1) is 0 Å². The van der Waals surface area contributed by atoms with Crippen LogP contribution in [-0.4, -0.2) is 38.7 Å². The normalized spacial score (nSPS) is 23.5. The van der Waals surface area contributed by atoms with Crippen molar-refractivity contribution in [2.24, 2.45) is 5.92 Å². The van der Waals surface area contributed by atoms with E-state index in [1.54, 1.807) is 6.33 Å². The van der Waals surface area contributed by atoms with Gasteiger partial charge in [0.25, 0.3) is 0 Å². The summed E-state index contributed by atoms with van der Waals surface area (Å²) in [6, 6.07) is 0. The van der Waals surface area contributed by atoms with Gasteiger partial charge >= 0.3 is 0 Å². The van der Waals surface area contributed by atoms with Crippen LogP contribution in [0.15, 0.2) is 18.5 Å². The van der Waals surface area contributed by atoms with Crippen molar-refractivity contribution in [2.45, 2.75) is 51.5 Å². The summed E-state index contributed by atoms with van der Waals surface area (Å²) < 4.78 is 2.12. The van der Waals surface area contributed by atoms with Crippen LogP contribution in [0.1, 0.15) is 50.8 Å². The third-order valence-corrected chi connectivity index (χ3v) is 4.78. The summed E-state index contributed by atoms with van der Waals surface area (Å²) in [6.07, 6.45) is 11.1. The fourth-order valence-corrected chi connectivity index (χ4v) is 3.46. The van der Waals surface area contributed by atoms with E-state index in [4.69, 9.17) is 0 Å². The molecule has 0 N–H and O–H groups in total. The lowest BCUT2D eigenvalue weighted by Crippen LogP contribution is -2.41. The van der Waals surface area contributed by atoms with Crippen LogP contribution >= 0.6 is 0 Å². The second kappa shape index (κ2) is 6.41. The number of piperidine rings is 1. The standard InChI is InChI=1S/C16H24N4O/c1-2-19-12-17-18-15(19)13-8-10-20(11-9-13)16(21)14-6-4-3-5-7-14/h3-4,12-14H,2,5-11H2,1H3. The molecular weight excluding hydrogens is 264 g/mol. The quantitative estimate of drug-likeness (QED) is 0.802. The molecule has 1 aromatic heterocycles. The molecule has 1 aromatic rings. The molecule has 3 rings (SSSR count). The summed E-state index contributed by atoms with van der Waals surface area (Å²) in [5.74, 6) is 2.11. The third-order valence-electron chi connectivity index (χ3n) is 4.78. The fourth-order valence-electron chi connectivity index (χ4n) is 3.46. The number of allylic oxidation sites excluding steroid dienone is 2.